The molecular weight excluding hydrogens is 232 g/mol. The summed E-state index contributed by atoms with van der Waals surface area (Å²) < 4.78 is 22.3. The van der Waals surface area contributed by atoms with Crippen molar-refractivity contribution in [1.29, 1.82) is 0 Å². The Morgan fingerprint density at radius 2 is 2.25 bits per heavy atom. The fraction of sp³-hybridized carbons (Fsp3) is 0.889. The van der Waals surface area contributed by atoms with Crippen LogP contribution in [0.4, 0.5) is 0 Å². The zero-order valence-electron chi connectivity index (χ0n) is 9.22. The summed E-state index contributed by atoms with van der Waals surface area (Å²) in [7, 11) is -3.04. The molecule has 0 aliphatic carbocycles. The smallest absolute Gasteiger partial charge is 0.224 e. The molecule has 0 bridgehead atoms. The van der Waals surface area contributed by atoms with Crippen LogP contribution in [0.15, 0.2) is 0 Å². The van der Waals surface area contributed by atoms with Gasteiger partial charge in [0, 0.05) is 12.6 Å². The first-order chi connectivity index (χ1) is 7.32. The molecule has 1 amide bonds. The molecule has 1 heterocycles. The fourth-order valence-corrected chi connectivity index (χ4v) is 3.28. The fourth-order valence-electron chi connectivity index (χ4n) is 1.54. The van der Waals surface area contributed by atoms with Crippen LogP contribution in [-0.2, 0) is 14.6 Å². The highest BCUT2D eigenvalue weighted by atomic mass is 32.2. The maximum absolute atomic E-state index is 11.5. The maximum atomic E-state index is 11.5. The minimum Gasteiger partial charge on any atom is -0.392 e. The zero-order chi connectivity index (χ0) is 12.3. The van der Waals surface area contributed by atoms with Crippen molar-refractivity contribution in [2.45, 2.75) is 25.5 Å². The summed E-state index contributed by atoms with van der Waals surface area (Å²) in [5.41, 5.74) is 5.53. The third kappa shape index (κ3) is 3.73. The van der Waals surface area contributed by atoms with Gasteiger partial charge in [-0.3, -0.25) is 4.79 Å². The minimum atomic E-state index is -3.04. The molecule has 0 radical (unpaired) electrons. The summed E-state index contributed by atoms with van der Waals surface area (Å²) in [4.78, 5) is 11.5. The van der Waals surface area contributed by atoms with Gasteiger partial charge in [0.2, 0.25) is 5.91 Å². The molecule has 1 rings (SSSR count). The molecule has 0 aromatic heterocycles. The van der Waals surface area contributed by atoms with Gasteiger partial charge in [-0.15, -0.1) is 0 Å². The molecule has 1 aliphatic rings. The maximum Gasteiger partial charge on any atom is 0.224 e. The van der Waals surface area contributed by atoms with Crippen molar-refractivity contribution < 1.29 is 18.3 Å². The van der Waals surface area contributed by atoms with Crippen LogP contribution in [0.3, 0.4) is 0 Å². The van der Waals surface area contributed by atoms with Crippen molar-refractivity contribution in [3.05, 3.63) is 0 Å². The molecule has 7 heteroatoms. The van der Waals surface area contributed by atoms with Gasteiger partial charge in [-0.05, 0) is 13.3 Å². The number of carbonyl (C=O) groups is 1. The predicted molar refractivity (Wildman–Crippen MR) is 59.4 cm³/mol. The van der Waals surface area contributed by atoms with Crippen molar-refractivity contribution in [2.24, 2.45) is 11.7 Å². The lowest BCUT2D eigenvalue weighted by Crippen LogP contribution is -2.45. The number of rotatable bonds is 4. The van der Waals surface area contributed by atoms with Gasteiger partial charge in [-0.25, -0.2) is 8.42 Å². The number of hydrogen-bond donors (Lipinski definition) is 3. The van der Waals surface area contributed by atoms with E-state index in [1.54, 1.807) is 0 Å². The molecule has 3 atom stereocenters. The standard InChI is InChI=1S/C9H18N2O4S/c1-6(12)8(10)4-11-9(13)7-2-3-16(14,15)5-7/h6-8,12H,2-5,10H2,1H3,(H,11,13). The quantitative estimate of drug-likeness (QED) is 0.548. The highest BCUT2D eigenvalue weighted by Crippen LogP contribution is 2.18. The third-order valence-corrected chi connectivity index (χ3v) is 4.50. The van der Waals surface area contributed by atoms with E-state index in [4.69, 9.17) is 10.8 Å². The first kappa shape index (κ1) is 13.4. The Morgan fingerprint density at radius 1 is 1.62 bits per heavy atom. The summed E-state index contributed by atoms with van der Waals surface area (Å²) in [5, 5.41) is 11.7. The van der Waals surface area contributed by atoms with Gasteiger partial charge in [0.05, 0.1) is 23.5 Å². The molecule has 94 valence electrons. The van der Waals surface area contributed by atoms with E-state index >= 15 is 0 Å². The first-order valence-corrected chi connectivity index (χ1v) is 7.06. The van der Waals surface area contributed by atoms with E-state index in [0.717, 1.165) is 0 Å². The SMILES string of the molecule is CC(O)C(N)CNC(=O)C1CCS(=O)(=O)C1. The van der Waals surface area contributed by atoms with Gasteiger partial charge in [-0.1, -0.05) is 0 Å². The normalized spacial score (nSPS) is 27.3. The topological polar surface area (TPSA) is 109 Å². The summed E-state index contributed by atoms with van der Waals surface area (Å²) in [5.74, 6) is -0.764. The van der Waals surface area contributed by atoms with Crippen LogP contribution in [0, 0.1) is 5.92 Å². The second-order valence-electron chi connectivity index (χ2n) is 4.25. The summed E-state index contributed by atoms with van der Waals surface area (Å²) >= 11 is 0. The molecule has 0 spiro atoms. The second-order valence-corrected chi connectivity index (χ2v) is 6.48. The van der Waals surface area contributed by atoms with E-state index in [0.29, 0.717) is 6.42 Å². The number of carbonyl (C=O) groups excluding carboxylic acids is 1. The Balaban J connectivity index is 2.37. The molecule has 1 saturated heterocycles. The Morgan fingerprint density at radius 3 is 2.69 bits per heavy atom. The Hall–Kier alpha value is -0.660. The summed E-state index contributed by atoms with van der Waals surface area (Å²) in [6.45, 7) is 1.70. The van der Waals surface area contributed by atoms with Gasteiger partial charge in [-0.2, -0.15) is 0 Å². The van der Waals surface area contributed by atoms with Crippen molar-refractivity contribution in [2.75, 3.05) is 18.1 Å². The number of aliphatic hydroxyl groups excluding tert-OH is 1. The average Bonchev–Trinajstić information content (AvgIpc) is 2.54. The molecule has 3 unspecified atom stereocenters. The van der Waals surface area contributed by atoms with Crippen LogP contribution in [-0.4, -0.2) is 49.6 Å². The molecule has 4 N–H and O–H groups in total. The number of nitrogens with one attached hydrogen (secondary N) is 1. The second kappa shape index (κ2) is 5.11. The largest absolute Gasteiger partial charge is 0.392 e. The lowest BCUT2D eigenvalue weighted by Gasteiger charge is -2.16. The van der Waals surface area contributed by atoms with Crippen molar-refractivity contribution in [3.8, 4) is 0 Å². The molecule has 0 saturated carbocycles. The molecule has 6 nitrogen and oxygen atoms in total. The molecule has 1 aliphatic heterocycles. The Labute approximate surface area is 95.1 Å². The van der Waals surface area contributed by atoms with Crippen LogP contribution >= 0.6 is 0 Å². The summed E-state index contributed by atoms with van der Waals surface area (Å²) in [6.07, 6.45) is -0.328. The Kier molecular flexibility index (Phi) is 4.28. The van der Waals surface area contributed by atoms with Gasteiger partial charge in [0.25, 0.3) is 0 Å². The van der Waals surface area contributed by atoms with Gasteiger partial charge >= 0.3 is 0 Å². The van der Waals surface area contributed by atoms with Crippen LogP contribution in [0.2, 0.25) is 0 Å². The van der Waals surface area contributed by atoms with Crippen LogP contribution in [0.1, 0.15) is 13.3 Å². The molecule has 0 aromatic rings. The lowest BCUT2D eigenvalue weighted by atomic mass is 10.1. The van der Waals surface area contributed by atoms with E-state index in [2.05, 4.69) is 5.32 Å². The number of aliphatic hydroxyl groups is 1. The van der Waals surface area contributed by atoms with E-state index in [1.807, 2.05) is 0 Å². The van der Waals surface area contributed by atoms with Crippen LogP contribution in [0.5, 0.6) is 0 Å². The molecular formula is C9H18N2O4S. The zero-order valence-corrected chi connectivity index (χ0v) is 10.0. The van der Waals surface area contributed by atoms with Gasteiger partial charge in [0.15, 0.2) is 9.84 Å². The van der Waals surface area contributed by atoms with E-state index in [9.17, 15) is 13.2 Å². The number of nitrogens with two attached hydrogens (primary N) is 1. The van der Waals surface area contributed by atoms with E-state index < -0.39 is 27.9 Å². The van der Waals surface area contributed by atoms with Crippen LogP contribution in [0.25, 0.3) is 0 Å². The monoisotopic (exact) mass is 250 g/mol. The average molecular weight is 250 g/mol. The van der Waals surface area contributed by atoms with Gasteiger partial charge < -0.3 is 16.2 Å². The highest BCUT2D eigenvalue weighted by Gasteiger charge is 2.32. The van der Waals surface area contributed by atoms with Crippen molar-refractivity contribution in [1.82, 2.24) is 5.32 Å². The number of amides is 1. The highest BCUT2D eigenvalue weighted by molar-refractivity contribution is 7.91. The number of sulfone groups is 1. The third-order valence-electron chi connectivity index (χ3n) is 2.73. The predicted octanol–water partition coefficient (Wildman–Crippen LogP) is -1.75. The first-order valence-electron chi connectivity index (χ1n) is 5.23. The molecule has 16 heavy (non-hydrogen) atoms. The van der Waals surface area contributed by atoms with Crippen LogP contribution < -0.4 is 11.1 Å². The van der Waals surface area contributed by atoms with E-state index in [-0.39, 0.29) is 24.0 Å². The lowest BCUT2D eigenvalue weighted by molar-refractivity contribution is -0.124. The van der Waals surface area contributed by atoms with Gasteiger partial charge in [0.1, 0.15) is 0 Å². The molecule has 0 aromatic carbocycles. The summed E-state index contributed by atoms with van der Waals surface area (Å²) in [6, 6.07) is -0.526. The van der Waals surface area contributed by atoms with Crippen molar-refractivity contribution in [3.63, 3.8) is 0 Å². The number of hydrogen-bond acceptors (Lipinski definition) is 5. The van der Waals surface area contributed by atoms with E-state index in [1.165, 1.54) is 6.92 Å². The minimum absolute atomic E-state index is 0.0769. The Bertz CT molecular complexity index is 353. The molecule has 1 fully saturated rings. The van der Waals surface area contributed by atoms with Crippen molar-refractivity contribution >= 4 is 15.7 Å².